The van der Waals surface area contributed by atoms with Gasteiger partial charge in [-0.3, -0.25) is 19.9 Å². The molecule has 0 aliphatic rings. The molecular weight excluding hydrogens is 314 g/mol. The Balaban J connectivity index is 2.29. The van der Waals surface area contributed by atoms with Crippen molar-refractivity contribution in [1.29, 1.82) is 0 Å². The summed E-state index contributed by atoms with van der Waals surface area (Å²) in [4.78, 5) is 25.3. The monoisotopic (exact) mass is 331 g/mol. The van der Waals surface area contributed by atoms with Gasteiger partial charge in [-0.05, 0) is 24.6 Å². The molecule has 8 heteroatoms. The first-order chi connectivity index (χ1) is 11.6. The molecule has 0 amide bonds. The molecule has 0 spiro atoms. The maximum absolute atomic E-state index is 11.4. The fourth-order valence-electron chi connectivity index (χ4n) is 2.22. The van der Waals surface area contributed by atoms with Crippen LogP contribution >= 0.6 is 0 Å². The Morgan fingerprint density at radius 3 is 2.62 bits per heavy atom. The van der Waals surface area contributed by atoms with E-state index in [0.717, 1.165) is 11.3 Å². The molecule has 126 valence electrons. The molecule has 1 heterocycles. The van der Waals surface area contributed by atoms with E-state index < -0.39 is 4.92 Å². The first kappa shape index (κ1) is 17.2. The molecule has 24 heavy (non-hydrogen) atoms. The molecule has 2 aromatic rings. The summed E-state index contributed by atoms with van der Waals surface area (Å²) in [5.74, 6) is 0.726. The van der Waals surface area contributed by atoms with Crippen LogP contribution in [0.15, 0.2) is 30.5 Å². The van der Waals surface area contributed by atoms with Crippen LogP contribution in [0.25, 0.3) is 0 Å². The lowest BCUT2D eigenvalue weighted by atomic mass is 10.1. The fourth-order valence-corrected chi connectivity index (χ4v) is 2.22. The van der Waals surface area contributed by atoms with Crippen molar-refractivity contribution in [3.63, 3.8) is 0 Å². The predicted molar refractivity (Wildman–Crippen MR) is 86.8 cm³/mol. The van der Waals surface area contributed by atoms with Crippen LogP contribution in [0.4, 0.5) is 11.4 Å². The molecule has 0 fully saturated rings. The maximum atomic E-state index is 11.4. The number of hydrogen-bond donors (Lipinski definition) is 1. The zero-order chi connectivity index (χ0) is 17.5. The lowest BCUT2D eigenvalue weighted by Gasteiger charge is -2.13. The lowest BCUT2D eigenvalue weighted by Crippen LogP contribution is -2.09. The Bertz CT molecular complexity index is 731. The highest BCUT2D eigenvalue weighted by molar-refractivity contribution is 5.67. The summed E-state index contributed by atoms with van der Waals surface area (Å²) >= 11 is 0. The van der Waals surface area contributed by atoms with Crippen LogP contribution in [0.5, 0.6) is 5.75 Å². The van der Waals surface area contributed by atoms with E-state index in [-0.39, 0.29) is 18.0 Å². The number of aromatic nitrogens is 1. The third-order valence-corrected chi connectivity index (χ3v) is 3.43. The summed E-state index contributed by atoms with van der Waals surface area (Å²) in [6.07, 6.45) is 1.46. The van der Waals surface area contributed by atoms with E-state index in [2.05, 4.69) is 10.3 Å². The second-order valence-electron chi connectivity index (χ2n) is 4.96. The lowest BCUT2D eigenvalue weighted by molar-refractivity contribution is -0.384. The van der Waals surface area contributed by atoms with Crippen molar-refractivity contribution in [2.24, 2.45) is 0 Å². The second kappa shape index (κ2) is 7.91. The molecule has 1 N–H and O–H groups in total. The van der Waals surface area contributed by atoms with Gasteiger partial charge in [0.05, 0.1) is 12.0 Å². The number of methoxy groups -OCH3 is 1. The molecule has 8 nitrogen and oxygen atoms in total. The van der Waals surface area contributed by atoms with Gasteiger partial charge in [0.2, 0.25) is 0 Å². The molecule has 2 rings (SSSR count). The van der Waals surface area contributed by atoms with E-state index in [0.29, 0.717) is 24.3 Å². The molecule has 0 aliphatic heterocycles. The van der Waals surface area contributed by atoms with Gasteiger partial charge in [0.1, 0.15) is 23.7 Å². The highest BCUT2D eigenvalue weighted by atomic mass is 16.6. The maximum Gasteiger partial charge on any atom is 0.313 e. The summed E-state index contributed by atoms with van der Waals surface area (Å²) in [6, 6.07) is 7.32. The number of anilines is 1. The predicted octanol–water partition coefficient (Wildman–Crippen LogP) is 2.59. The number of aryl methyl sites for hydroxylation is 1. The molecule has 1 aromatic carbocycles. The van der Waals surface area contributed by atoms with Crippen LogP contribution in [0.2, 0.25) is 0 Å². The SMILES string of the molecule is COc1ccc(CNc2c(COC=O)cnc(C)c2[N+](=O)[O-])cc1. The summed E-state index contributed by atoms with van der Waals surface area (Å²) < 4.78 is 9.81. The Hall–Kier alpha value is -3.16. The quantitative estimate of drug-likeness (QED) is 0.450. The van der Waals surface area contributed by atoms with Gasteiger partial charge in [-0.15, -0.1) is 0 Å². The summed E-state index contributed by atoms with van der Waals surface area (Å²) in [6.45, 7) is 2.12. The number of nitro groups is 1. The minimum atomic E-state index is -0.497. The number of carbonyl (C=O) groups is 1. The van der Waals surface area contributed by atoms with Gasteiger partial charge in [0.25, 0.3) is 6.47 Å². The average molecular weight is 331 g/mol. The summed E-state index contributed by atoms with van der Waals surface area (Å²) in [5.41, 5.74) is 1.81. The minimum absolute atomic E-state index is 0.0947. The smallest absolute Gasteiger partial charge is 0.313 e. The number of benzene rings is 1. The molecule has 0 saturated carbocycles. The number of hydrogen-bond acceptors (Lipinski definition) is 7. The van der Waals surface area contributed by atoms with Crippen molar-refractivity contribution in [1.82, 2.24) is 4.98 Å². The van der Waals surface area contributed by atoms with Crippen molar-refractivity contribution >= 4 is 17.8 Å². The minimum Gasteiger partial charge on any atom is -0.497 e. The van der Waals surface area contributed by atoms with Crippen LogP contribution in [-0.4, -0.2) is 23.5 Å². The van der Waals surface area contributed by atoms with Crippen molar-refractivity contribution < 1.29 is 19.2 Å². The van der Waals surface area contributed by atoms with Crippen molar-refractivity contribution in [3.8, 4) is 5.75 Å². The normalized spacial score (nSPS) is 10.1. The van der Waals surface area contributed by atoms with Gasteiger partial charge in [-0.1, -0.05) is 12.1 Å². The molecule has 0 saturated heterocycles. The molecular formula is C16H17N3O5. The van der Waals surface area contributed by atoms with Crippen LogP contribution < -0.4 is 10.1 Å². The van der Waals surface area contributed by atoms with Gasteiger partial charge in [0, 0.05) is 18.3 Å². The van der Waals surface area contributed by atoms with Crippen molar-refractivity contribution in [2.75, 3.05) is 12.4 Å². The van der Waals surface area contributed by atoms with Crippen LogP contribution in [0.3, 0.4) is 0 Å². The third-order valence-electron chi connectivity index (χ3n) is 3.43. The number of rotatable bonds is 8. The molecule has 0 aliphatic carbocycles. The number of ether oxygens (including phenoxy) is 2. The van der Waals surface area contributed by atoms with E-state index in [4.69, 9.17) is 9.47 Å². The number of nitrogens with zero attached hydrogens (tertiary/aromatic N) is 2. The third kappa shape index (κ3) is 3.97. The summed E-state index contributed by atoms with van der Waals surface area (Å²) in [7, 11) is 1.58. The Kier molecular flexibility index (Phi) is 5.67. The average Bonchev–Trinajstić information content (AvgIpc) is 2.59. The van der Waals surface area contributed by atoms with Crippen LogP contribution in [-0.2, 0) is 22.7 Å². The zero-order valence-electron chi connectivity index (χ0n) is 13.3. The molecule has 0 unspecified atom stereocenters. The van der Waals surface area contributed by atoms with Gasteiger partial charge < -0.3 is 14.8 Å². The molecule has 1 aromatic heterocycles. The summed E-state index contributed by atoms with van der Waals surface area (Å²) in [5, 5.41) is 14.4. The number of pyridine rings is 1. The van der Waals surface area contributed by atoms with E-state index in [1.54, 1.807) is 26.2 Å². The first-order valence-corrected chi connectivity index (χ1v) is 7.11. The molecule has 0 radical (unpaired) electrons. The topological polar surface area (TPSA) is 104 Å². The van der Waals surface area contributed by atoms with Crippen molar-refractivity contribution in [2.45, 2.75) is 20.1 Å². The molecule has 0 bridgehead atoms. The molecule has 0 atom stereocenters. The standard InChI is InChI=1S/C16H17N3O5/c1-11-16(19(21)22)15(13(8-17-11)9-24-10-20)18-7-12-3-5-14(23-2)6-4-12/h3-6,8,10H,7,9H2,1-2H3,(H,17,18). The number of nitrogens with one attached hydrogen (secondary N) is 1. The van der Waals surface area contributed by atoms with Gasteiger partial charge >= 0.3 is 5.69 Å². The van der Waals surface area contributed by atoms with E-state index in [1.165, 1.54) is 6.20 Å². The highest BCUT2D eigenvalue weighted by Gasteiger charge is 2.22. The van der Waals surface area contributed by atoms with Crippen molar-refractivity contribution in [3.05, 3.63) is 57.4 Å². The number of carbonyl (C=O) groups excluding carboxylic acids is 1. The van der Waals surface area contributed by atoms with E-state index >= 15 is 0 Å². The zero-order valence-corrected chi connectivity index (χ0v) is 13.3. The van der Waals surface area contributed by atoms with Gasteiger partial charge in [-0.2, -0.15) is 0 Å². The Labute approximate surface area is 138 Å². The van der Waals surface area contributed by atoms with Crippen LogP contribution in [0.1, 0.15) is 16.8 Å². The van der Waals surface area contributed by atoms with E-state index in [1.807, 2.05) is 12.1 Å². The van der Waals surface area contributed by atoms with Gasteiger partial charge in [0.15, 0.2) is 0 Å². The highest BCUT2D eigenvalue weighted by Crippen LogP contribution is 2.31. The van der Waals surface area contributed by atoms with Gasteiger partial charge in [-0.25, -0.2) is 0 Å². The van der Waals surface area contributed by atoms with E-state index in [9.17, 15) is 14.9 Å². The Morgan fingerprint density at radius 1 is 1.33 bits per heavy atom. The first-order valence-electron chi connectivity index (χ1n) is 7.11. The fraction of sp³-hybridized carbons (Fsp3) is 0.250. The second-order valence-corrected chi connectivity index (χ2v) is 4.96. The van der Waals surface area contributed by atoms with Crippen LogP contribution in [0, 0.1) is 17.0 Å². The largest absolute Gasteiger partial charge is 0.497 e. The Morgan fingerprint density at radius 2 is 2.04 bits per heavy atom.